The summed E-state index contributed by atoms with van der Waals surface area (Å²) >= 11 is 6.39. The molecule has 39 nitrogen and oxygen atoms in total. The Hall–Kier alpha value is -18.5. The number of nitriles is 6. The quantitative estimate of drug-likeness (QED) is 0.0382. The van der Waals surface area contributed by atoms with E-state index in [1.807, 2.05) is 30.3 Å². The Morgan fingerprint density at radius 2 is 0.818 bits per heavy atom. The zero-order chi connectivity index (χ0) is 94.4. The number of aryl methyl sites for hydroxylation is 4. The van der Waals surface area contributed by atoms with Gasteiger partial charge in [0.1, 0.15) is 169 Å². The van der Waals surface area contributed by atoms with Crippen molar-refractivity contribution in [2.45, 2.75) is 85.5 Å². The number of nitrogens with zero attached hydrogens (tertiary/aromatic N) is 26. The van der Waals surface area contributed by atoms with Gasteiger partial charge in [0.25, 0.3) is 22.2 Å². The second-order valence-corrected chi connectivity index (χ2v) is 29.8. The average Bonchev–Trinajstić information content (AvgIpc) is 1.40. The predicted octanol–water partition coefficient (Wildman–Crippen LogP) is 10.9. The van der Waals surface area contributed by atoms with E-state index in [4.69, 9.17) is 45.3 Å². The lowest BCUT2D eigenvalue weighted by Gasteiger charge is -2.23. The molecule has 12 heterocycles. The van der Waals surface area contributed by atoms with Crippen molar-refractivity contribution in [1.29, 1.82) is 31.6 Å². The maximum absolute atomic E-state index is 14.7. The van der Waals surface area contributed by atoms with Crippen LogP contribution in [0.4, 0.5) is 69.9 Å². The van der Waals surface area contributed by atoms with Gasteiger partial charge in [0.2, 0.25) is 0 Å². The van der Waals surface area contributed by atoms with E-state index in [-0.39, 0.29) is 136 Å². The lowest BCUT2D eigenvalue weighted by molar-refractivity contribution is 0.608. The van der Waals surface area contributed by atoms with Crippen LogP contribution in [0.3, 0.4) is 0 Å². The fourth-order valence-electron chi connectivity index (χ4n) is 14.2. The summed E-state index contributed by atoms with van der Waals surface area (Å²) in [7, 11) is 0. The number of benzene rings is 4. The minimum atomic E-state index is -0.869. The van der Waals surface area contributed by atoms with Crippen molar-refractivity contribution in [3.63, 3.8) is 0 Å². The summed E-state index contributed by atoms with van der Waals surface area (Å²) in [6, 6.07) is 33.6. The van der Waals surface area contributed by atoms with Gasteiger partial charge in [-0.15, -0.1) is 0 Å². The SMILES string of the molecule is Cc1nc(N)c(C#N)c(N[C@@H](C)c2nc3c(F)ccc(C#N)c3c(=O)n2-c2cccnc2)n1.Cc1nc(N)c(C#N)c(N[C@@H](C)c2nc3c(F)ccc(C#N)c3c(=O)n2-c2cncc(F)c2)n1.Cc1nc(N)c(C#N)c(N[C@@H](C)c2nc3ccc(F)cc3c(=O)n2-c2cccnc2)n1.Cc1nc(N)c(C#N)c(N[C@H](c2nc3cccc(Cl)c3c(=O)n2-c2ccc(N)nc2)C2CC2)n1. The molecule has 1 aliphatic rings. The Bertz CT molecular complexity index is 7900. The molecule has 0 spiro atoms. The first-order valence-corrected chi connectivity index (χ1v) is 39.8. The van der Waals surface area contributed by atoms with Gasteiger partial charge in [-0.2, -0.15) is 31.6 Å². The molecule has 1 fully saturated rings. The van der Waals surface area contributed by atoms with E-state index in [0.29, 0.717) is 79.3 Å². The first-order chi connectivity index (χ1) is 63.3. The van der Waals surface area contributed by atoms with Gasteiger partial charge in [0, 0.05) is 18.5 Å². The molecule has 0 unspecified atom stereocenters. The number of pyridine rings is 4. The van der Waals surface area contributed by atoms with Crippen LogP contribution in [0.2, 0.25) is 5.02 Å². The van der Waals surface area contributed by atoms with E-state index in [1.54, 1.807) is 109 Å². The van der Waals surface area contributed by atoms with Gasteiger partial charge >= 0.3 is 0 Å². The lowest BCUT2D eigenvalue weighted by Crippen LogP contribution is -2.30. The number of aromatic nitrogens is 20. The number of halogens is 5. The molecule has 0 saturated heterocycles. The molecule has 1 saturated carbocycles. The van der Waals surface area contributed by atoms with Crippen molar-refractivity contribution in [3.05, 3.63) is 296 Å². The van der Waals surface area contributed by atoms with Crippen LogP contribution in [0.5, 0.6) is 0 Å². The highest BCUT2D eigenvalue weighted by Crippen LogP contribution is 2.44. The van der Waals surface area contributed by atoms with Gasteiger partial charge < -0.3 is 49.9 Å². The number of fused-ring (bicyclic) bond motifs is 4. The van der Waals surface area contributed by atoms with Crippen molar-refractivity contribution in [2.75, 3.05) is 49.9 Å². The summed E-state index contributed by atoms with van der Waals surface area (Å²) in [5, 5.41) is 69.7. The molecule has 4 atom stereocenters. The van der Waals surface area contributed by atoms with E-state index in [0.717, 1.165) is 47.9 Å². The highest BCUT2D eigenvalue weighted by atomic mass is 35.5. The molecule has 44 heteroatoms. The van der Waals surface area contributed by atoms with Crippen LogP contribution in [-0.2, 0) is 0 Å². The first-order valence-electron chi connectivity index (χ1n) is 39.5. The van der Waals surface area contributed by atoms with Gasteiger partial charge in [-0.05, 0) is 158 Å². The number of rotatable bonds is 17. The van der Waals surface area contributed by atoms with Gasteiger partial charge in [0.15, 0.2) is 23.3 Å². The van der Waals surface area contributed by atoms with Crippen LogP contribution in [0.25, 0.3) is 66.4 Å². The van der Waals surface area contributed by atoms with Crippen molar-refractivity contribution >= 4 is 108 Å². The Morgan fingerprint density at radius 1 is 0.402 bits per heavy atom. The van der Waals surface area contributed by atoms with Crippen LogP contribution in [0, 0.1) is 125 Å². The minimum absolute atomic E-state index is 0.000307. The number of nitrogen functional groups attached to an aromatic ring is 5. The second-order valence-electron chi connectivity index (χ2n) is 29.3. The molecular formula is C88H68ClF4N35O4. The number of hydrogen-bond donors (Lipinski definition) is 9. The molecular weight excluding hydrogens is 1720 g/mol. The van der Waals surface area contributed by atoms with E-state index in [2.05, 4.69) is 102 Å². The molecule has 17 rings (SSSR count). The number of anilines is 9. The lowest BCUT2D eigenvalue weighted by atomic mass is 10.1. The molecule has 0 bridgehead atoms. The van der Waals surface area contributed by atoms with E-state index in [9.17, 15) is 68.3 Å². The standard InChI is InChI=1S/C23H20ClN9O.C22H15F2N9O.C22H16FN9O.C21H17FN8O/c1-11-29-20(27)14(9-25)21(30-11)32-19(12-5-6-12)22-31-16-4-2-3-15(24)18(16)23(34)33(22)13-7-8-17(26)28-10-13;1-10(29-20-15(7-26)19(27)30-11(2)31-20)21-32-18-16(24)4-3-12(6-25)17(18)22(34)33(21)14-5-13(23)8-28-9-14;1-11(28-20-15(9-25)19(26)29-12(2)30-20)21-31-18-16(23)6-5-13(8-24)17(18)22(33)32(21)14-4-3-7-27-10-14;1-11(26-19-16(9-23)18(24)27-12(2)28-19)20-29-17-6-5-13(22)8-15(17)21(31)30(20)14-4-3-7-25-10-14/h2-4,7-8,10,12,19H,5-6H2,1H3,(H2,26,28)(H3,27,29,30,32);3-5,8-10H,1-2H3,(H3,27,29,30,31);3-7,10-11H,1-2H3,(H3,26,28,29,30);3-8,10-11H,1-2H3,(H3,24,26,27,28)/t19-;10-;2*11-/m0000/s1. The van der Waals surface area contributed by atoms with E-state index in [1.165, 1.54) is 69.0 Å². The smallest absolute Gasteiger partial charge is 0.267 e. The highest BCUT2D eigenvalue weighted by Gasteiger charge is 2.38. The zero-order valence-corrected chi connectivity index (χ0v) is 71.0. The van der Waals surface area contributed by atoms with Gasteiger partial charge in [-0.25, -0.2) is 82.4 Å². The number of nitrogens with one attached hydrogen (secondary N) is 4. The number of nitrogens with two attached hydrogens (primary N) is 5. The summed E-state index contributed by atoms with van der Waals surface area (Å²) in [6.07, 6.45) is 11.6. The fraction of sp³-hybridized carbons (Fsp3) is 0.159. The average molecular weight is 1790 g/mol. The third-order valence-corrected chi connectivity index (χ3v) is 20.6. The van der Waals surface area contributed by atoms with E-state index < -0.39 is 64.1 Å². The van der Waals surface area contributed by atoms with Crippen molar-refractivity contribution in [3.8, 4) is 59.2 Å². The molecule has 132 heavy (non-hydrogen) atoms. The summed E-state index contributed by atoms with van der Waals surface area (Å²) in [5.41, 5.74) is 28.8. The highest BCUT2D eigenvalue weighted by molar-refractivity contribution is 6.35. The molecule has 16 aromatic rings. The molecule has 1 aliphatic carbocycles. The molecule has 12 aromatic heterocycles. The third-order valence-electron chi connectivity index (χ3n) is 20.3. The van der Waals surface area contributed by atoms with Crippen molar-refractivity contribution in [1.82, 2.24) is 98.0 Å². The Balaban J connectivity index is 0.000000142. The van der Waals surface area contributed by atoms with Crippen LogP contribution < -0.4 is 72.2 Å². The third kappa shape index (κ3) is 18.2. The van der Waals surface area contributed by atoms with Crippen LogP contribution >= 0.6 is 11.6 Å². The largest absolute Gasteiger partial charge is 0.384 e. The predicted molar refractivity (Wildman–Crippen MR) is 478 cm³/mol. The van der Waals surface area contributed by atoms with Crippen LogP contribution in [-0.4, -0.2) is 98.0 Å². The van der Waals surface area contributed by atoms with Crippen molar-refractivity contribution < 1.29 is 17.6 Å². The van der Waals surface area contributed by atoms with Crippen LogP contribution in [0.1, 0.15) is 138 Å². The zero-order valence-electron chi connectivity index (χ0n) is 70.2. The number of hydrogen-bond acceptors (Lipinski definition) is 35. The molecule has 0 aliphatic heterocycles. The Labute approximate surface area is 747 Å². The molecule has 0 amide bonds. The van der Waals surface area contributed by atoms with Crippen LogP contribution in [0.15, 0.2) is 166 Å². The molecule has 0 radical (unpaired) electrons. The van der Waals surface area contributed by atoms with Gasteiger partial charge in [-0.1, -0.05) is 17.7 Å². The normalized spacial score (nSPS) is 12.3. The van der Waals surface area contributed by atoms with Gasteiger partial charge in [-0.3, -0.25) is 52.4 Å². The van der Waals surface area contributed by atoms with E-state index >= 15 is 0 Å². The Kier molecular flexibility index (Phi) is 25.7. The fourth-order valence-corrected chi connectivity index (χ4v) is 14.5. The summed E-state index contributed by atoms with van der Waals surface area (Å²) in [5.74, 6) is 0.806. The summed E-state index contributed by atoms with van der Waals surface area (Å²) in [6.45, 7) is 11.6. The van der Waals surface area contributed by atoms with Crippen molar-refractivity contribution in [2.24, 2.45) is 5.92 Å². The maximum Gasteiger partial charge on any atom is 0.267 e. The molecule has 654 valence electrons. The summed E-state index contributed by atoms with van der Waals surface area (Å²) in [4.78, 5) is 121. The topological polar surface area (TPSA) is 615 Å². The minimum Gasteiger partial charge on any atom is -0.384 e. The Morgan fingerprint density at radius 3 is 1.24 bits per heavy atom. The first kappa shape index (κ1) is 89.8. The monoisotopic (exact) mass is 1790 g/mol. The molecule has 14 N–H and O–H groups in total. The maximum atomic E-state index is 14.7. The molecule has 4 aromatic carbocycles. The van der Waals surface area contributed by atoms with Gasteiger partial charge in [0.05, 0.1) is 127 Å². The summed E-state index contributed by atoms with van der Waals surface area (Å²) < 4.78 is 62.3. The second kappa shape index (κ2) is 37.7.